The lowest BCUT2D eigenvalue weighted by Crippen LogP contribution is -2.21. The van der Waals surface area contributed by atoms with E-state index in [1.54, 1.807) is 48.5 Å². The van der Waals surface area contributed by atoms with Crippen molar-refractivity contribution in [2.75, 3.05) is 5.32 Å². The third-order valence-electron chi connectivity index (χ3n) is 4.39. The Bertz CT molecular complexity index is 1420. The molecule has 0 bridgehead atoms. The predicted octanol–water partition coefficient (Wildman–Crippen LogP) is 5.36. The van der Waals surface area contributed by atoms with Gasteiger partial charge < -0.3 is 16.2 Å². The number of hydrogen-bond acceptors (Lipinski definition) is 6. The Morgan fingerprint density at radius 1 is 1.11 bits per heavy atom. The Kier molecular flexibility index (Phi) is 8.23. The van der Waals surface area contributed by atoms with E-state index in [9.17, 15) is 22.8 Å². The van der Waals surface area contributed by atoms with Crippen molar-refractivity contribution in [3.8, 4) is 0 Å². The molecule has 186 valence electrons. The monoisotopic (exact) mass is 556 g/mol. The van der Waals surface area contributed by atoms with Gasteiger partial charge in [0.2, 0.25) is 5.91 Å². The Morgan fingerprint density at radius 2 is 1.75 bits per heavy atom. The lowest BCUT2D eigenvalue weighted by Gasteiger charge is -2.08. The molecule has 1 aliphatic heterocycles. The second-order valence-corrected chi connectivity index (χ2v) is 8.70. The van der Waals surface area contributed by atoms with E-state index in [0.717, 1.165) is 5.56 Å². The molecule has 3 aromatic rings. The number of aromatic nitrogens is 1. The molecule has 4 N–H and O–H groups in total. The first-order valence-corrected chi connectivity index (χ1v) is 11.2. The van der Waals surface area contributed by atoms with Crippen molar-refractivity contribution in [1.29, 1.82) is 0 Å². The molecule has 1 aliphatic rings. The molecule has 8 nitrogen and oxygen atoms in total. The molecule has 0 saturated carbocycles. The summed E-state index contributed by atoms with van der Waals surface area (Å²) in [5, 5.41) is 12.0. The number of hydrogen-bond donors (Lipinski definition) is 3. The molecular formula is C22H13Cl2F3N4O4S. The predicted molar refractivity (Wildman–Crippen MR) is 132 cm³/mol. The van der Waals surface area contributed by atoms with Crippen molar-refractivity contribution < 1.29 is 32.7 Å². The average Bonchev–Trinajstić information content (AvgIpc) is 3.14. The maximum atomic E-state index is 12.3. The summed E-state index contributed by atoms with van der Waals surface area (Å²) in [5.41, 5.74) is 7.65. The molecule has 0 fully saturated rings. The van der Waals surface area contributed by atoms with E-state index >= 15 is 0 Å². The number of thioether (sulfide) groups is 1. The number of halogens is 5. The number of anilines is 1. The summed E-state index contributed by atoms with van der Waals surface area (Å²) in [7, 11) is 0. The zero-order chi connectivity index (χ0) is 26.6. The van der Waals surface area contributed by atoms with Crippen LogP contribution >= 0.6 is 35.0 Å². The molecular weight excluding hydrogens is 544 g/mol. The zero-order valence-corrected chi connectivity index (χ0v) is 20.0. The standard InChI is InChI=1S/C20H12Cl2N4O2S.C2HF3O2/c21-13-2-1-3-14(22)17(13)25-20-26-19(28)16(29-20)9-10-4-5-15-12(8-10)11(18(23)27)6-7-24-15;3-2(4,5)1(6)7/h1-9H,(H2,23,27)(H,25,26,28);(H,6,7). The molecule has 36 heavy (non-hydrogen) atoms. The number of amides is 2. The van der Waals surface area contributed by atoms with Gasteiger partial charge in [0.15, 0.2) is 5.17 Å². The third kappa shape index (κ3) is 6.53. The number of alkyl halides is 3. The van der Waals surface area contributed by atoms with E-state index in [1.807, 2.05) is 0 Å². The molecule has 0 radical (unpaired) electrons. The van der Waals surface area contributed by atoms with Crippen LogP contribution in [0.4, 0.5) is 18.9 Å². The number of carboxylic acids is 1. The smallest absolute Gasteiger partial charge is 0.475 e. The SMILES string of the molecule is NC(=O)c1ccnc2ccc(C=C3SC(Nc4c(Cl)cccc4Cl)=NC3=O)cc12.O=C(O)C(F)(F)F. The minimum atomic E-state index is -5.08. The van der Waals surface area contributed by atoms with Gasteiger partial charge in [0.05, 0.1) is 31.7 Å². The first-order chi connectivity index (χ1) is 16.9. The van der Waals surface area contributed by atoms with Crippen LogP contribution < -0.4 is 11.1 Å². The highest BCUT2D eigenvalue weighted by Crippen LogP contribution is 2.35. The van der Waals surface area contributed by atoms with Crippen LogP contribution in [0.5, 0.6) is 0 Å². The second kappa shape index (κ2) is 11.0. The van der Waals surface area contributed by atoms with Gasteiger partial charge in [-0.1, -0.05) is 35.3 Å². The van der Waals surface area contributed by atoms with Crippen LogP contribution in [0.3, 0.4) is 0 Å². The van der Waals surface area contributed by atoms with Crippen LogP contribution in [0, 0.1) is 0 Å². The lowest BCUT2D eigenvalue weighted by molar-refractivity contribution is -0.192. The van der Waals surface area contributed by atoms with Gasteiger partial charge in [0.1, 0.15) is 0 Å². The van der Waals surface area contributed by atoms with Crippen LogP contribution in [0.1, 0.15) is 15.9 Å². The van der Waals surface area contributed by atoms with E-state index in [4.69, 9.17) is 38.8 Å². The summed E-state index contributed by atoms with van der Waals surface area (Å²) in [6, 6.07) is 12.0. The molecule has 2 amide bonds. The summed E-state index contributed by atoms with van der Waals surface area (Å²) >= 11 is 13.5. The number of fused-ring (bicyclic) bond motifs is 1. The first kappa shape index (κ1) is 27.0. The van der Waals surface area contributed by atoms with E-state index in [2.05, 4.69) is 15.3 Å². The maximum Gasteiger partial charge on any atom is 0.490 e. The number of aliphatic carboxylic acids is 1. The Hall–Kier alpha value is -3.61. The van der Waals surface area contributed by atoms with Gasteiger partial charge in [-0.15, -0.1) is 0 Å². The van der Waals surface area contributed by atoms with E-state index < -0.39 is 18.1 Å². The number of para-hydroxylation sites is 1. The van der Waals surface area contributed by atoms with Crippen LogP contribution in [0.15, 0.2) is 58.6 Å². The number of primary amides is 1. The molecule has 2 aromatic carbocycles. The van der Waals surface area contributed by atoms with Crippen molar-refractivity contribution in [1.82, 2.24) is 4.98 Å². The number of carbonyl (C=O) groups excluding carboxylic acids is 2. The quantitative estimate of drug-likeness (QED) is 0.369. The van der Waals surface area contributed by atoms with E-state index in [1.165, 1.54) is 18.0 Å². The minimum Gasteiger partial charge on any atom is -0.475 e. The van der Waals surface area contributed by atoms with Gasteiger partial charge in [-0.05, 0) is 53.7 Å². The van der Waals surface area contributed by atoms with Crippen LogP contribution in [-0.4, -0.2) is 39.2 Å². The summed E-state index contributed by atoms with van der Waals surface area (Å²) in [6.07, 6.45) is -1.86. The number of nitrogens with zero attached hydrogens (tertiary/aromatic N) is 2. The van der Waals surface area contributed by atoms with Gasteiger partial charge in [0, 0.05) is 11.6 Å². The van der Waals surface area contributed by atoms with E-state index in [0.29, 0.717) is 42.3 Å². The summed E-state index contributed by atoms with van der Waals surface area (Å²) < 4.78 is 31.7. The van der Waals surface area contributed by atoms with Crippen LogP contribution in [-0.2, 0) is 9.59 Å². The Balaban J connectivity index is 0.000000454. The van der Waals surface area contributed by atoms with Gasteiger partial charge >= 0.3 is 12.1 Å². The molecule has 0 saturated heterocycles. The average molecular weight is 557 g/mol. The highest BCUT2D eigenvalue weighted by molar-refractivity contribution is 8.18. The fourth-order valence-electron chi connectivity index (χ4n) is 2.81. The number of nitrogens with one attached hydrogen (secondary N) is 1. The summed E-state index contributed by atoms with van der Waals surface area (Å²) in [6.45, 7) is 0. The zero-order valence-electron chi connectivity index (χ0n) is 17.6. The van der Waals surface area contributed by atoms with E-state index in [-0.39, 0.29) is 5.91 Å². The number of rotatable bonds is 3. The normalized spacial score (nSPS) is 14.3. The lowest BCUT2D eigenvalue weighted by atomic mass is 10.1. The van der Waals surface area contributed by atoms with Crippen molar-refractivity contribution in [3.05, 3.63) is 74.7 Å². The third-order valence-corrected chi connectivity index (χ3v) is 5.92. The maximum absolute atomic E-state index is 12.3. The highest BCUT2D eigenvalue weighted by Gasteiger charge is 2.38. The molecule has 0 spiro atoms. The van der Waals surface area contributed by atoms with Gasteiger partial charge in [-0.2, -0.15) is 18.2 Å². The van der Waals surface area contributed by atoms with Gasteiger partial charge in [0.25, 0.3) is 5.91 Å². The Labute approximate surface area is 215 Å². The fraction of sp³-hybridized carbons (Fsp3) is 0.0455. The number of aliphatic imine (C=N–C) groups is 1. The number of pyridine rings is 1. The van der Waals surface area contributed by atoms with Crippen molar-refractivity contribution in [2.24, 2.45) is 10.7 Å². The first-order valence-electron chi connectivity index (χ1n) is 9.59. The van der Waals surface area contributed by atoms with Gasteiger partial charge in [-0.25, -0.2) is 4.79 Å². The molecule has 14 heteroatoms. The largest absolute Gasteiger partial charge is 0.490 e. The number of amidine groups is 1. The molecule has 2 heterocycles. The van der Waals surface area contributed by atoms with Crippen molar-refractivity contribution >= 4 is 80.6 Å². The number of nitrogens with two attached hydrogens (primary N) is 1. The van der Waals surface area contributed by atoms with Crippen molar-refractivity contribution in [2.45, 2.75) is 6.18 Å². The molecule has 1 aromatic heterocycles. The molecule has 4 rings (SSSR count). The molecule has 0 atom stereocenters. The number of carboxylic acid groups (broad SMARTS) is 1. The Morgan fingerprint density at radius 3 is 2.33 bits per heavy atom. The van der Waals surface area contributed by atoms with Crippen molar-refractivity contribution in [3.63, 3.8) is 0 Å². The number of carbonyl (C=O) groups is 3. The molecule has 0 aliphatic carbocycles. The van der Waals surface area contributed by atoms with Crippen LogP contribution in [0.2, 0.25) is 10.0 Å². The highest BCUT2D eigenvalue weighted by atomic mass is 35.5. The minimum absolute atomic E-state index is 0.368. The topological polar surface area (TPSA) is 135 Å². The summed E-state index contributed by atoms with van der Waals surface area (Å²) in [5.74, 6) is -3.69. The fourth-order valence-corrected chi connectivity index (χ4v) is 4.12. The van der Waals surface area contributed by atoms with Gasteiger partial charge in [-0.3, -0.25) is 14.6 Å². The summed E-state index contributed by atoms with van der Waals surface area (Å²) in [4.78, 5) is 41.5. The number of benzene rings is 2. The molecule has 0 unspecified atom stereocenters. The second-order valence-electron chi connectivity index (χ2n) is 6.86. The van der Waals surface area contributed by atoms with Crippen LogP contribution in [0.25, 0.3) is 17.0 Å².